The zero-order valence-corrected chi connectivity index (χ0v) is 10.0. The Kier molecular flexibility index (Phi) is 3.96. The monoisotopic (exact) mass is 198 g/mol. The number of nitrogens with two attached hydrogens (primary N) is 1. The fourth-order valence-electron chi connectivity index (χ4n) is 2.13. The number of hydrogen-bond donors (Lipinski definition) is 2. The molecule has 0 spiro atoms. The fourth-order valence-corrected chi connectivity index (χ4v) is 2.13. The Balaban J connectivity index is 2.40. The van der Waals surface area contributed by atoms with Gasteiger partial charge in [0.25, 0.3) is 0 Å². The van der Waals surface area contributed by atoms with Crippen molar-refractivity contribution in [3.63, 3.8) is 0 Å². The van der Waals surface area contributed by atoms with Crippen molar-refractivity contribution >= 4 is 0 Å². The highest BCUT2D eigenvalue weighted by Crippen LogP contribution is 2.44. The Morgan fingerprint density at radius 3 is 1.93 bits per heavy atom. The van der Waals surface area contributed by atoms with E-state index in [0.29, 0.717) is 11.0 Å². The minimum absolute atomic E-state index is 0.366. The Morgan fingerprint density at radius 1 is 1.14 bits per heavy atom. The Labute approximate surface area is 88.6 Å². The topological polar surface area (TPSA) is 38.0 Å². The molecule has 0 aromatic carbocycles. The van der Waals surface area contributed by atoms with Gasteiger partial charge in [-0.25, -0.2) is 0 Å². The molecule has 0 amide bonds. The molecule has 0 bridgehead atoms. The molecule has 2 nitrogen and oxygen atoms in total. The molecule has 84 valence electrons. The molecular formula is C12H26N2. The molecule has 2 heteroatoms. The molecule has 3 N–H and O–H groups in total. The SMILES string of the molecule is CCC(CC)(CC)NCC1(CN)CC1. The lowest BCUT2D eigenvalue weighted by Crippen LogP contribution is -2.47. The lowest BCUT2D eigenvalue weighted by molar-refractivity contribution is 0.265. The van der Waals surface area contributed by atoms with Crippen molar-refractivity contribution in [3.8, 4) is 0 Å². The van der Waals surface area contributed by atoms with Gasteiger partial charge in [-0.05, 0) is 44.1 Å². The molecule has 0 aromatic rings. The number of rotatable bonds is 7. The summed E-state index contributed by atoms with van der Waals surface area (Å²) in [6, 6.07) is 0. The van der Waals surface area contributed by atoms with Crippen molar-refractivity contribution in [2.45, 2.75) is 58.4 Å². The van der Waals surface area contributed by atoms with Crippen LogP contribution in [0.2, 0.25) is 0 Å². The zero-order valence-electron chi connectivity index (χ0n) is 10.0. The molecule has 0 saturated heterocycles. The van der Waals surface area contributed by atoms with Gasteiger partial charge in [0.2, 0.25) is 0 Å². The first-order valence-corrected chi connectivity index (χ1v) is 6.11. The first-order valence-electron chi connectivity index (χ1n) is 6.11. The van der Waals surface area contributed by atoms with E-state index in [1.807, 2.05) is 0 Å². The summed E-state index contributed by atoms with van der Waals surface area (Å²) in [5.41, 5.74) is 6.61. The van der Waals surface area contributed by atoms with Crippen LogP contribution in [-0.4, -0.2) is 18.6 Å². The molecule has 1 rings (SSSR count). The molecule has 1 aliphatic carbocycles. The van der Waals surface area contributed by atoms with Crippen LogP contribution in [0, 0.1) is 5.41 Å². The van der Waals surface area contributed by atoms with Crippen LogP contribution in [0.5, 0.6) is 0 Å². The summed E-state index contributed by atoms with van der Waals surface area (Å²) in [5.74, 6) is 0. The van der Waals surface area contributed by atoms with Gasteiger partial charge >= 0.3 is 0 Å². The van der Waals surface area contributed by atoms with Gasteiger partial charge < -0.3 is 11.1 Å². The highest BCUT2D eigenvalue weighted by Gasteiger charge is 2.42. The second-order valence-corrected chi connectivity index (χ2v) is 4.90. The minimum atomic E-state index is 0.366. The third-order valence-electron chi connectivity index (χ3n) is 4.26. The number of hydrogen-bond acceptors (Lipinski definition) is 2. The maximum absolute atomic E-state index is 5.78. The number of nitrogens with one attached hydrogen (secondary N) is 1. The van der Waals surface area contributed by atoms with Crippen molar-refractivity contribution in [3.05, 3.63) is 0 Å². The van der Waals surface area contributed by atoms with Crippen molar-refractivity contribution in [2.75, 3.05) is 13.1 Å². The normalized spacial score (nSPS) is 19.7. The minimum Gasteiger partial charge on any atom is -0.330 e. The third-order valence-corrected chi connectivity index (χ3v) is 4.26. The van der Waals surface area contributed by atoms with Gasteiger partial charge in [0.05, 0.1) is 0 Å². The van der Waals surface area contributed by atoms with Crippen LogP contribution in [0.4, 0.5) is 0 Å². The van der Waals surface area contributed by atoms with Crippen molar-refractivity contribution in [1.82, 2.24) is 5.32 Å². The lowest BCUT2D eigenvalue weighted by atomic mass is 9.89. The molecular weight excluding hydrogens is 172 g/mol. The van der Waals surface area contributed by atoms with Crippen molar-refractivity contribution in [2.24, 2.45) is 11.1 Å². The van der Waals surface area contributed by atoms with Gasteiger partial charge in [0.1, 0.15) is 0 Å². The van der Waals surface area contributed by atoms with E-state index in [2.05, 4.69) is 26.1 Å². The summed E-state index contributed by atoms with van der Waals surface area (Å²) < 4.78 is 0. The van der Waals surface area contributed by atoms with Crippen molar-refractivity contribution in [1.29, 1.82) is 0 Å². The van der Waals surface area contributed by atoms with Crippen LogP contribution >= 0.6 is 0 Å². The maximum atomic E-state index is 5.78. The molecule has 0 radical (unpaired) electrons. The second kappa shape index (κ2) is 4.63. The van der Waals surface area contributed by atoms with Crippen LogP contribution in [0.3, 0.4) is 0 Å². The summed E-state index contributed by atoms with van der Waals surface area (Å²) in [6.07, 6.45) is 6.31. The Morgan fingerprint density at radius 2 is 1.64 bits per heavy atom. The first-order chi connectivity index (χ1) is 6.66. The summed E-state index contributed by atoms with van der Waals surface area (Å²) in [6.45, 7) is 8.82. The van der Waals surface area contributed by atoms with Gasteiger partial charge in [-0.1, -0.05) is 20.8 Å². The van der Waals surface area contributed by atoms with Gasteiger partial charge in [0.15, 0.2) is 0 Å². The second-order valence-electron chi connectivity index (χ2n) is 4.90. The van der Waals surface area contributed by atoms with Crippen LogP contribution in [-0.2, 0) is 0 Å². The van der Waals surface area contributed by atoms with E-state index >= 15 is 0 Å². The molecule has 1 fully saturated rings. The fraction of sp³-hybridized carbons (Fsp3) is 1.00. The van der Waals surface area contributed by atoms with Crippen LogP contribution in [0.25, 0.3) is 0 Å². The Hall–Kier alpha value is -0.0800. The van der Waals surface area contributed by atoms with E-state index in [9.17, 15) is 0 Å². The van der Waals surface area contributed by atoms with Gasteiger partial charge in [-0.15, -0.1) is 0 Å². The van der Waals surface area contributed by atoms with Gasteiger partial charge in [-0.2, -0.15) is 0 Å². The highest BCUT2D eigenvalue weighted by atomic mass is 15.0. The quantitative estimate of drug-likeness (QED) is 0.658. The molecule has 0 atom stereocenters. The van der Waals surface area contributed by atoms with E-state index in [0.717, 1.165) is 13.1 Å². The molecule has 0 unspecified atom stereocenters. The first kappa shape index (κ1) is 12.0. The average Bonchev–Trinajstić information content (AvgIpc) is 3.02. The van der Waals surface area contributed by atoms with E-state index in [1.54, 1.807) is 0 Å². The van der Waals surface area contributed by atoms with Crippen LogP contribution < -0.4 is 11.1 Å². The summed E-state index contributed by atoms with van der Waals surface area (Å²) in [5, 5.41) is 3.76. The van der Waals surface area contributed by atoms with E-state index in [4.69, 9.17) is 5.73 Å². The summed E-state index contributed by atoms with van der Waals surface area (Å²) in [7, 11) is 0. The summed E-state index contributed by atoms with van der Waals surface area (Å²) >= 11 is 0. The lowest BCUT2D eigenvalue weighted by Gasteiger charge is -2.33. The van der Waals surface area contributed by atoms with Crippen molar-refractivity contribution < 1.29 is 0 Å². The van der Waals surface area contributed by atoms with Gasteiger partial charge in [0, 0.05) is 12.1 Å². The molecule has 0 aromatic heterocycles. The molecule has 1 aliphatic rings. The van der Waals surface area contributed by atoms with E-state index in [1.165, 1.54) is 32.1 Å². The molecule has 0 aliphatic heterocycles. The van der Waals surface area contributed by atoms with Crippen LogP contribution in [0.1, 0.15) is 52.9 Å². The molecule has 0 heterocycles. The maximum Gasteiger partial charge on any atom is 0.0173 e. The average molecular weight is 198 g/mol. The summed E-state index contributed by atoms with van der Waals surface area (Å²) in [4.78, 5) is 0. The van der Waals surface area contributed by atoms with E-state index < -0.39 is 0 Å². The van der Waals surface area contributed by atoms with Gasteiger partial charge in [-0.3, -0.25) is 0 Å². The smallest absolute Gasteiger partial charge is 0.0173 e. The third kappa shape index (κ3) is 2.48. The highest BCUT2D eigenvalue weighted by molar-refractivity contribution is 4.98. The van der Waals surface area contributed by atoms with Crippen LogP contribution in [0.15, 0.2) is 0 Å². The molecule has 14 heavy (non-hydrogen) atoms. The van der Waals surface area contributed by atoms with E-state index in [-0.39, 0.29) is 0 Å². The zero-order chi connectivity index (χ0) is 10.7. The largest absolute Gasteiger partial charge is 0.330 e. The predicted molar refractivity (Wildman–Crippen MR) is 62.3 cm³/mol. The predicted octanol–water partition coefficient (Wildman–Crippen LogP) is 2.28. The standard InChI is InChI=1S/C12H26N2/c1-4-12(5-2,6-3)14-10-11(9-13)7-8-11/h14H,4-10,13H2,1-3H3. The Bertz CT molecular complexity index is 161. The molecule has 1 saturated carbocycles.